The molecule has 1 N–H and O–H groups in total. The summed E-state index contributed by atoms with van der Waals surface area (Å²) < 4.78 is 10.5. The quantitative estimate of drug-likeness (QED) is 0.843. The van der Waals surface area contributed by atoms with Crippen molar-refractivity contribution in [2.75, 3.05) is 14.2 Å². The number of rotatable bonds is 7. The van der Waals surface area contributed by atoms with Crippen LogP contribution in [0.15, 0.2) is 35.7 Å². The largest absolute Gasteiger partial charge is 0.497 e. The highest BCUT2D eigenvalue weighted by molar-refractivity contribution is 7.09. The van der Waals surface area contributed by atoms with Crippen molar-refractivity contribution in [3.05, 3.63) is 46.2 Å². The molecule has 0 aliphatic carbocycles. The van der Waals surface area contributed by atoms with Crippen LogP contribution in [0.3, 0.4) is 0 Å². The second-order valence-electron chi connectivity index (χ2n) is 4.60. The Labute approximate surface area is 123 Å². The standard InChI is InChI=1S/C16H20O3S/c1-18-12-8-9-16(19-2)14(11-12)15(17)7-3-5-13-6-4-10-20-13/h4,6,8-11,15,17H,3,5,7H2,1-2H3. The molecule has 0 radical (unpaired) electrons. The van der Waals surface area contributed by atoms with Crippen LogP contribution in [-0.2, 0) is 6.42 Å². The molecule has 20 heavy (non-hydrogen) atoms. The van der Waals surface area contributed by atoms with Crippen LogP contribution in [-0.4, -0.2) is 19.3 Å². The molecule has 0 saturated carbocycles. The van der Waals surface area contributed by atoms with Gasteiger partial charge in [-0.3, -0.25) is 0 Å². The number of methoxy groups -OCH3 is 2. The van der Waals surface area contributed by atoms with Crippen molar-refractivity contribution in [3.63, 3.8) is 0 Å². The minimum absolute atomic E-state index is 0.528. The molecule has 3 nitrogen and oxygen atoms in total. The fraction of sp³-hybridized carbons (Fsp3) is 0.375. The molecular weight excluding hydrogens is 272 g/mol. The van der Waals surface area contributed by atoms with Gasteiger partial charge in [0.1, 0.15) is 11.5 Å². The minimum Gasteiger partial charge on any atom is -0.497 e. The summed E-state index contributed by atoms with van der Waals surface area (Å²) in [5.41, 5.74) is 0.790. The molecule has 1 heterocycles. The van der Waals surface area contributed by atoms with Crippen LogP contribution in [0.25, 0.3) is 0 Å². The van der Waals surface area contributed by atoms with Crippen molar-refractivity contribution in [2.45, 2.75) is 25.4 Å². The lowest BCUT2D eigenvalue weighted by Crippen LogP contribution is -2.02. The summed E-state index contributed by atoms with van der Waals surface area (Å²) in [5, 5.41) is 12.4. The number of thiophene rings is 1. The van der Waals surface area contributed by atoms with E-state index in [1.54, 1.807) is 25.6 Å². The van der Waals surface area contributed by atoms with Gasteiger partial charge in [-0.25, -0.2) is 0 Å². The van der Waals surface area contributed by atoms with Gasteiger partial charge >= 0.3 is 0 Å². The number of aliphatic hydroxyl groups excluding tert-OH is 1. The molecule has 0 amide bonds. The Balaban J connectivity index is 1.98. The van der Waals surface area contributed by atoms with E-state index >= 15 is 0 Å². The van der Waals surface area contributed by atoms with Gasteiger partial charge in [-0.15, -0.1) is 11.3 Å². The van der Waals surface area contributed by atoms with Gasteiger partial charge in [0.05, 0.1) is 20.3 Å². The highest BCUT2D eigenvalue weighted by atomic mass is 32.1. The van der Waals surface area contributed by atoms with Crippen LogP contribution in [0.5, 0.6) is 11.5 Å². The summed E-state index contributed by atoms with van der Waals surface area (Å²) in [6.07, 6.45) is 2.13. The van der Waals surface area contributed by atoms with Gasteiger partial charge in [0.25, 0.3) is 0 Å². The molecule has 0 aliphatic heterocycles. The maximum atomic E-state index is 10.3. The number of aliphatic hydroxyl groups is 1. The monoisotopic (exact) mass is 292 g/mol. The van der Waals surface area contributed by atoms with E-state index in [1.807, 2.05) is 18.2 Å². The molecule has 1 unspecified atom stereocenters. The predicted molar refractivity (Wildman–Crippen MR) is 81.8 cm³/mol. The lowest BCUT2D eigenvalue weighted by molar-refractivity contribution is 0.160. The second-order valence-corrected chi connectivity index (χ2v) is 5.63. The molecule has 2 rings (SSSR count). The van der Waals surface area contributed by atoms with Crippen LogP contribution in [0.2, 0.25) is 0 Å². The minimum atomic E-state index is -0.528. The first-order chi connectivity index (χ1) is 9.74. The summed E-state index contributed by atoms with van der Waals surface area (Å²) in [7, 11) is 3.23. The van der Waals surface area contributed by atoms with Crippen LogP contribution in [0.4, 0.5) is 0 Å². The second kappa shape index (κ2) is 7.31. The van der Waals surface area contributed by atoms with Gasteiger partial charge in [-0.05, 0) is 48.9 Å². The number of benzene rings is 1. The van der Waals surface area contributed by atoms with Gasteiger partial charge < -0.3 is 14.6 Å². The van der Waals surface area contributed by atoms with Crippen LogP contribution in [0.1, 0.15) is 29.4 Å². The molecule has 4 heteroatoms. The average molecular weight is 292 g/mol. The van der Waals surface area contributed by atoms with Gasteiger partial charge in [0.15, 0.2) is 0 Å². The third kappa shape index (κ3) is 3.74. The lowest BCUT2D eigenvalue weighted by atomic mass is 10.0. The van der Waals surface area contributed by atoms with E-state index in [4.69, 9.17) is 9.47 Å². The number of hydrogen-bond donors (Lipinski definition) is 1. The first-order valence-electron chi connectivity index (χ1n) is 6.67. The molecule has 1 atom stereocenters. The third-order valence-electron chi connectivity index (χ3n) is 3.28. The van der Waals surface area contributed by atoms with Crippen LogP contribution in [0, 0.1) is 0 Å². The molecule has 108 valence electrons. The normalized spacial score (nSPS) is 12.2. The first-order valence-corrected chi connectivity index (χ1v) is 7.55. The molecule has 0 spiro atoms. The van der Waals surface area contributed by atoms with Crippen molar-refractivity contribution < 1.29 is 14.6 Å². The maximum Gasteiger partial charge on any atom is 0.124 e. The first kappa shape index (κ1) is 14.9. The van der Waals surface area contributed by atoms with Gasteiger partial charge in [-0.1, -0.05) is 6.07 Å². The fourth-order valence-corrected chi connectivity index (χ4v) is 2.93. The topological polar surface area (TPSA) is 38.7 Å². The predicted octanol–water partition coefficient (Wildman–Crippen LogP) is 3.82. The number of hydrogen-bond acceptors (Lipinski definition) is 4. The third-order valence-corrected chi connectivity index (χ3v) is 4.21. The number of aryl methyl sites for hydroxylation is 1. The van der Waals surface area contributed by atoms with Crippen LogP contribution >= 0.6 is 11.3 Å². The SMILES string of the molecule is COc1ccc(OC)c(C(O)CCCc2cccs2)c1. The summed E-state index contributed by atoms with van der Waals surface area (Å²) in [6.45, 7) is 0. The van der Waals surface area contributed by atoms with E-state index in [2.05, 4.69) is 17.5 Å². The highest BCUT2D eigenvalue weighted by Crippen LogP contribution is 2.32. The zero-order chi connectivity index (χ0) is 14.4. The molecule has 1 aromatic heterocycles. The summed E-state index contributed by atoms with van der Waals surface area (Å²) in [4.78, 5) is 1.36. The summed E-state index contributed by atoms with van der Waals surface area (Å²) in [5.74, 6) is 1.44. The molecule has 0 saturated heterocycles. The maximum absolute atomic E-state index is 10.3. The fourth-order valence-electron chi connectivity index (χ4n) is 2.18. The Bertz CT molecular complexity index is 523. The summed E-state index contributed by atoms with van der Waals surface area (Å²) in [6, 6.07) is 9.69. The van der Waals surface area contributed by atoms with E-state index in [1.165, 1.54) is 4.88 Å². The number of ether oxygens (including phenoxy) is 2. The van der Waals surface area contributed by atoms with E-state index < -0.39 is 6.10 Å². The van der Waals surface area contributed by atoms with E-state index in [-0.39, 0.29) is 0 Å². The van der Waals surface area contributed by atoms with Crippen molar-refractivity contribution in [1.82, 2.24) is 0 Å². The van der Waals surface area contributed by atoms with Crippen molar-refractivity contribution in [3.8, 4) is 11.5 Å². The molecule has 0 fully saturated rings. The van der Waals surface area contributed by atoms with Gasteiger partial charge in [0, 0.05) is 10.4 Å². The van der Waals surface area contributed by atoms with Crippen molar-refractivity contribution in [2.24, 2.45) is 0 Å². The molecule has 1 aromatic carbocycles. The van der Waals surface area contributed by atoms with Crippen molar-refractivity contribution in [1.29, 1.82) is 0 Å². The van der Waals surface area contributed by atoms with Crippen molar-refractivity contribution >= 4 is 11.3 Å². The van der Waals surface area contributed by atoms with Gasteiger partial charge in [0.2, 0.25) is 0 Å². The van der Waals surface area contributed by atoms with E-state index in [0.717, 1.165) is 24.2 Å². The average Bonchev–Trinajstić information content (AvgIpc) is 2.99. The Morgan fingerprint density at radius 1 is 1.20 bits per heavy atom. The molecular formula is C16H20O3S. The Hall–Kier alpha value is -1.52. The molecule has 0 bridgehead atoms. The Morgan fingerprint density at radius 2 is 2.05 bits per heavy atom. The van der Waals surface area contributed by atoms with Crippen LogP contribution < -0.4 is 9.47 Å². The Kier molecular flexibility index (Phi) is 5.44. The van der Waals surface area contributed by atoms with E-state index in [0.29, 0.717) is 12.2 Å². The smallest absolute Gasteiger partial charge is 0.124 e. The highest BCUT2D eigenvalue weighted by Gasteiger charge is 2.14. The Morgan fingerprint density at radius 3 is 2.70 bits per heavy atom. The van der Waals surface area contributed by atoms with Gasteiger partial charge in [-0.2, -0.15) is 0 Å². The summed E-state index contributed by atoms with van der Waals surface area (Å²) >= 11 is 1.76. The molecule has 2 aromatic rings. The zero-order valence-corrected chi connectivity index (χ0v) is 12.7. The molecule has 0 aliphatic rings. The lowest BCUT2D eigenvalue weighted by Gasteiger charge is -2.15. The zero-order valence-electron chi connectivity index (χ0n) is 11.8. The van der Waals surface area contributed by atoms with E-state index in [9.17, 15) is 5.11 Å².